The molecule has 2 fully saturated rings. The molecule has 0 aliphatic carbocycles. The molecule has 0 bridgehead atoms. The van der Waals surface area contributed by atoms with Crippen molar-refractivity contribution in [3.63, 3.8) is 0 Å². The Labute approximate surface area is 112 Å². The molecule has 18 heavy (non-hydrogen) atoms. The van der Waals surface area contributed by atoms with Gasteiger partial charge < -0.3 is 15.5 Å². The second-order valence-corrected chi connectivity index (χ2v) is 6.01. The molecular weight excluding hydrogens is 224 g/mol. The van der Waals surface area contributed by atoms with Crippen LogP contribution in [0, 0.1) is 0 Å². The van der Waals surface area contributed by atoms with Crippen molar-refractivity contribution in [1.82, 2.24) is 14.7 Å². The van der Waals surface area contributed by atoms with Gasteiger partial charge in [0.15, 0.2) is 0 Å². The van der Waals surface area contributed by atoms with Gasteiger partial charge in [-0.05, 0) is 52.5 Å². The van der Waals surface area contributed by atoms with E-state index in [-0.39, 0.29) is 5.54 Å². The molecule has 0 saturated carbocycles. The molecule has 4 heteroatoms. The number of nitrogens with two attached hydrogens (primary N) is 1. The molecule has 2 heterocycles. The molecule has 2 saturated heterocycles. The Balaban J connectivity index is 1.98. The lowest BCUT2D eigenvalue weighted by Gasteiger charge is -2.48. The molecule has 2 N–H and O–H groups in total. The first-order chi connectivity index (χ1) is 8.70. The van der Waals surface area contributed by atoms with Crippen LogP contribution in [0.3, 0.4) is 0 Å². The van der Waals surface area contributed by atoms with Crippen molar-refractivity contribution in [3.05, 3.63) is 0 Å². The maximum absolute atomic E-state index is 6.17. The molecule has 0 unspecified atom stereocenters. The quantitative estimate of drug-likeness (QED) is 0.793. The van der Waals surface area contributed by atoms with E-state index in [0.717, 1.165) is 6.54 Å². The van der Waals surface area contributed by atoms with Crippen molar-refractivity contribution < 1.29 is 0 Å². The minimum absolute atomic E-state index is 0.289. The second kappa shape index (κ2) is 6.33. The van der Waals surface area contributed by atoms with Gasteiger partial charge in [-0.15, -0.1) is 0 Å². The monoisotopic (exact) mass is 254 g/mol. The number of hydrogen-bond acceptors (Lipinski definition) is 4. The minimum atomic E-state index is 0.289. The van der Waals surface area contributed by atoms with Crippen molar-refractivity contribution in [3.8, 4) is 0 Å². The third-order valence-corrected chi connectivity index (χ3v) is 5.00. The Hall–Kier alpha value is -0.160. The van der Waals surface area contributed by atoms with Crippen molar-refractivity contribution >= 4 is 0 Å². The minimum Gasteiger partial charge on any atom is -0.329 e. The van der Waals surface area contributed by atoms with Crippen molar-refractivity contribution in [2.24, 2.45) is 5.73 Å². The van der Waals surface area contributed by atoms with Gasteiger partial charge in [-0.1, -0.05) is 6.92 Å². The molecule has 0 atom stereocenters. The summed E-state index contributed by atoms with van der Waals surface area (Å²) < 4.78 is 0. The van der Waals surface area contributed by atoms with Crippen LogP contribution in [-0.2, 0) is 0 Å². The van der Waals surface area contributed by atoms with Crippen LogP contribution in [0.2, 0.25) is 0 Å². The van der Waals surface area contributed by atoms with Crippen molar-refractivity contribution in [1.29, 1.82) is 0 Å². The second-order valence-electron chi connectivity index (χ2n) is 6.01. The van der Waals surface area contributed by atoms with Crippen molar-refractivity contribution in [2.75, 3.05) is 59.4 Å². The first-order valence-electron chi connectivity index (χ1n) is 7.56. The van der Waals surface area contributed by atoms with Crippen LogP contribution in [-0.4, -0.2) is 79.6 Å². The zero-order chi connectivity index (χ0) is 13.0. The predicted octanol–water partition coefficient (Wildman–Crippen LogP) is 0.437. The number of likely N-dealkylation sites (N-methyl/N-ethyl adjacent to an activating group) is 1. The smallest absolute Gasteiger partial charge is 0.0356 e. The van der Waals surface area contributed by atoms with Gasteiger partial charge in [0.05, 0.1) is 0 Å². The Bertz CT molecular complexity index is 248. The summed E-state index contributed by atoms with van der Waals surface area (Å²) in [4.78, 5) is 7.70. The lowest BCUT2D eigenvalue weighted by atomic mass is 9.85. The zero-order valence-corrected chi connectivity index (χ0v) is 12.2. The fourth-order valence-corrected chi connectivity index (χ4v) is 3.46. The van der Waals surface area contributed by atoms with Crippen molar-refractivity contribution in [2.45, 2.75) is 31.7 Å². The van der Waals surface area contributed by atoms with E-state index in [9.17, 15) is 0 Å². The van der Waals surface area contributed by atoms with Crippen LogP contribution < -0.4 is 5.73 Å². The van der Waals surface area contributed by atoms with Crippen LogP contribution in [0.15, 0.2) is 0 Å². The maximum atomic E-state index is 6.17. The third-order valence-electron chi connectivity index (χ3n) is 5.00. The number of hydrogen-bond donors (Lipinski definition) is 1. The van der Waals surface area contributed by atoms with Gasteiger partial charge in [0.25, 0.3) is 0 Å². The SMILES string of the molecule is CCN1CCC(CN)(N2CCCN(C)CC2)CC1. The topological polar surface area (TPSA) is 35.7 Å². The molecule has 2 aliphatic rings. The fraction of sp³-hybridized carbons (Fsp3) is 1.00. The highest BCUT2D eigenvalue weighted by Gasteiger charge is 2.38. The standard InChI is InChI=1S/C14H30N4/c1-3-17-9-5-14(13-15,6-10-17)18-8-4-7-16(2)11-12-18/h3-13,15H2,1-2H3. The number of rotatable bonds is 3. The first kappa shape index (κ1) is 14.3. The summed E-state index contributed by atoms with van der Waals surface area (Å²) in [5.41, 5.74) is 6.46. The van der Waals surface area contributed by atoms with E-state index in [1.54, 1.807) is 0 Å². The van der Waals surface area contributed by atoms with E-state index in [0.29, 0.717) is 0 Å². The van der Waals surface area contributed by atoms with E-state index in [1.165, 1.54) is 65.1 Å². The van der Waals surface area contributed by atoms with Gasteiger partial charge in [-0.3, -0.25) is 4.90 Å². The normalized spacial score (nSPS) is 28.2. The molecule has 4 nitrogen and oxygen atoms in total. The highest BCUT2D eigenvalue weighted by molar-refractivity contribution is 4.97. The predicted molar refractivity (Wildman–Crippen MR) is 76.8 cm³/mol. The van der Waals surface area contributed by atoms with Crippen LogP contribution in [0.25, 0.3) is 0 Å². The summed E-state index contributed by atoms with van der Waals surface area (Å²) in [6.07, 6.45) is 3.79. The van der Waals surface area contributed by atoms with E-state index < -0.39 is 0 Å². The average molecular weight is 254 g/mol. The Morgan fingerprint density at radius 3 is 2.33 bits per heavy atom. The van der Waals surface area contributed by atoms with Gasteiger partial charge >= 0.3 is 0 Å². The van der Waals surface area contributed by atoms with E-state index in [4.69, 9.17) is 5.73 Å². The Kier molecular flexibility index (Phi) is 5.01. The summed E-state index contributed by atoms with van der Waals surface area (Å²) in [5, 5.41) is 0. The molecule has 106 valence electrons. The Morgan fingerprint density at radius 2 is 1.72 bits per heavy atom. The van der Waals surface area contributed by atoms with Gasteiger partial charge in [0.2, 0.25) is 0 Å². The highest BCUT2D eigenvalue weighted by atomic mass is 15.3. The molecule has 0 spiro atoms. The summed E-state index contributed by atoms with van der Waals surface area (Å²) in [7, 11) is 2.23. The first-order valence-corrected chi connectivity index (χ1v) is 7.56. The molecule has 2 aliphatic heterocycles. The number of piperidine rings is 1. The van der Waals surface area contributed by atoms with Gasteiger partial charge in [0, 0.05) is 31.7 Å². The van der Waals surface area contributed by atoms with Gasteiger partial charge in [-0.25, -0.2) is 0 Å². The van der Waals surface area contributed by atoms with Crippen LogP contribution in [0.4, 0.5) is 0 Å². The van der Waals surface area contributed by atoms with Crippen LogP contribution >= 0.6 is 0 Å². The fourth-order valence-electron chi connectivity index (χ4n) is 3.46. The van der Waals surface area contributed by atoms with Crippen LogP contribution in [0.5, 0.6) is 0 Å². The van der Waals surface area contributed by atoms with E-state index >= 15 is 0 Å². The summed E-state index contributed by atoms with van der Waals surface area (Å²) in [6.45, 7) is 11.6. The molecule has 0 aromatic carbocycles. The van der Waals surface area contributed by atoms with E-state index in [2.05, 4.69) is 28.7 Å². The van der Waals surface area contributed by atoms with Gasteiger partial charge in [-0.2, -0.15) is 0 Å². The molecule has 0 amide bonds. The molecular formula is C14H30N4. The van der Waals surface area contributed by atoms with E-state index in [1.807, 2.05) is 0 Å². The maximum Gasteiger partial charge on any atom is 0.0356 e. The molecule has 2 rings (SSSR count). The highest BCUT2D eigenvalue weighted by Crippen LogP contribution is 2.29. The third kappa shape index (κ3) is 3.05. The summed E-state index contributed by atoms with van der Waals surface area (Å²) in [5.74, 6) is 0. The zero-order valence-electron chi connectivity index (χ0n) is 12.2. The number of likely N-dealkylation sites (tertiary alicyclic amines) is 1. The Morgan fingerprint density at radius 1 is 1.00 bits per heavy atom. The molecule has 0 radical (unpaired) electrons. The average Bonchev–Trinajstić information content (AvgIpc) is 2.64. The summed E-state index contributed by atoms with van der Waals surface area (Å²) >= 11 is 0. The van der Waals surface area contributed by atoms with Crippen LogP contribution in [0.1, 0.15) is 26.2 Å². The summed E-state index contributed by atoms with van der Waals surface area (Å²) in [6, 6.07) is 0. The lowest BCUT2D eigenvalue weighted by molar-refractivity contribution is 0.0312. The largest absolute Gasteiger partial charge is 0.329 e. The molecule has 0 aromatic heterocycles. The lowest BCUT2D eigenvalue weighted by Crippen LogP contribution is -2.60. The molecule has 0 aromatic rings. The van der Waals surface area contributed by atoms with Gasteiger partial charge in [0.1, 0.15) is 0 Å². The number of nitrogens with zero attached hydrogens (tertiary/aromatic N) is 3.